The van der Waals surface area contributed by atoms with Gasteiger partial charge in [0.15, 0.2) is 0 Å². The van der Waals surface area contributed by atoms with Crippen LogP contribution in [-0.4, -0.2) is 61.9 Å². The van der Waals surface area contributed by atoms with Crippen LogP contribution in [0, 0.1) is 5.41 Å². The molecule has 2 N–H and O–H groups in total. The number of rotatable bonds is 5. The molecule has 1 saturated heterocycles. The second kappa shape index (κ2) is 5.12. The quantitative estimate of drug-likeness (QED) is 0.647. The Balaban J connectivity index is 1.64. The van der Waals surface area contributed by atoms with Gasteiger partial charge in [0.2, 0.25) is 5.91 Å². The highest BCUT2D eigenvalue weighted by Crippen LogP contribution is 2.44. The molecule has 1 aliphatic carbocycles. The number of aliphatic hydroxyl groups is 1. The Hall–Kier alpha value is -0.650. The van der Waals surface area contributed by atoms with Crippen LogP contribution in [0.5, 0.6) is 0 Å². The van der Waals surface area contributed by atoms with Crippen LogP contribution < -0.4 is 5.32 Å². The molecule has 0 unspecified atom stereocenters. The van der Waals surface area contributed by atoms with Gasteiger partial charge < -0.3 is 15.2 Å². The lowest BCUT2D eigenvalue weighted by atomic mass is 10.1. The van der Waals surface area contributed by atoms with Gasteiger partial charge in [0.25, 0.3) is 0 Å². The number of aliphatic hydroxyl groups excluding tert-OH is 1. The summed E-state index contributed by atoms with van der Waals surface area (Å²) in [6, 6.07) is 0. The molecule has 5 heteroatoms. The first-order chi connectivity index (χ1) is 7.74. The van der Waals surface area contributed by atoms with Crippen molar-refractivity contribution in [2.75, 3.05) is 46.0 Å². The number of nitrogens with one attached hydrogen (secondary N) is 1. The summed E-state index contributed by atoms with van der Waals surface area (Å²) in [6.07, 6.45) is 2.06. The summed E-state index contributed by atoms with van der Waals surface area (Å²) in [6.45, 7) is 4.35. The van der Waals surface area contributed by atoms with Gasteiger partial charge in [0.05, 0.1) is 26.4 Å². The molecule has 2 rings (SSSR count). The minimum atomic E-state index is 0.000664. The topological polar surface area (TPSA) is 61.8 Å². The summed E-state index contributed by atoms with van der Waals surface area (Å²) in [5.41, 5.74) is 0.000664. The molecule has 1 amide bonds. The molecule has 1 saturated carbocycles. The Labute approximate surface area is 95.8 Å². The maximum atomic E-state index is 11.6. The molecular formula is C11H20N2O3. The molecule has 92 valence electrons. The van der Waals surface area contributed by atoms with Crippen molar-refractivity contribution in [3.63, 3.8) is 0 Å². The minimum Gasteiger partial charge on any atom is -0.396 e. The van der Waals surface area contributed by atoms with Crippen LogP contribution in [0.25, 0.3) is 0 Å². The van der Waals surface area contributed by atoms with Crippen molar-refractivity contribution in [2.45, 2.75) is 12.8 Å². The van der Waals surface area contributed by atoms with Crippen LogP contribution in [0.15, 0.2) is 0 Å². The van der Waals surface area contributed by atoms with Crippen molar-refractivity contribution >= 4 is 5.91 Å². The van der Waals surface area contributed by atoms with Crippen LogP contribution >= 0.6 is 0 Å². The second-order valence-electron chi connectivity index (χ2n) is 4.82. The first kappa shape index (κ1) is 11.8. The van der Waals surface area contributed by atoms with E-state index < -0.39 is 0 Å². The van der Waals surface area contributed by atoms with E-state index in [1.54, 1.807) is 0 Å². The summed E-state index contributed by atoms with van der Waals surface area (Å²) in [5.74, 6) is 0.0571. The van der Waals surface area contributed by atoms with Gasteiger partial charge in [-0.2, -0.15) is 0 Å². The Morgan fingerprint density at radius 3 is 2.62 bits per heavy atom. The average Bonchev–Trinajstić information content (AvgIpc) is 3.09. The fourth-order valence-electron chi connectivity index (χ4n) is 1.87. The van der Waals surface area contributed by atoms with Gasteiger partial charge in [-0.25, -0.2) is 0 Å². The Bertz CT molecular complexity index is 248. The van der Waals surface area contributed by atoms with Gasteiger partial charge in [0, 0.05) is 25.0 Å². The third-order valence-electron chi connectivity index (χ3n) is 3.42. The predicted octanol–water partition coefficient (Wildman–Crippen LogP) is -0.793. The summed E-state index contributed by atoms with van der Waals surface area (Å²) >= 11 is 0. The van der Waals surface area contributed by atoms with E-state index in [9.17, 15) is 4.79 Å². The van der Waals surface area contributed by atoms with Crippen molar-refractivity contribution in [1.29, 1.82) is 0 Å². The molecule has 2 fully saturated rings. The van der Waals surface area contributed by atoms with Crippen LogP contribution in [0.1, 0.15) is 12.8 Å². The van der Waals surface area contributed by atoms with Gasteiger partial charge in [-0.3, -0.25) is 9.69 Å². The highest BCUT2D eigenvalue weighted by Gasteiger charge is 2.42. The van der Waals surface area contributed by atoms with Gasteiger partial charge in [-0.1, -0.05) is 0 Å². The first-order valence-electron chi connectivity index (χ1n) is 5.92. The monoisotopic (exact) mass is 228 g/mol. The van der Waals surface area contributed by atoms with E-state index in [2.05, 4.69) is 10.2 Å². The number of amides is 1. The van der Waals surface area contributed by atoms with Gasteiger partial charge in [-0.15, -0.1) is 0 Å². The molecule has 1 aliphatic heterocycles. The zero-order valence-electron chi connectivity index (χ0n) is 9.57. The van der Waals surface area contributed by atoms with E-state index in [1.165, 1.54) is 0 Å². The number of carbonyl (C=O) groups excluding carboxylic acids is 1. The molecule has 0 bridgehead atoms. The molecule has 5 nitrogen and oxygen atoms in total. The van der Waals surface area contributed by atoms with Crippen molar-refractivity contribution in [3.05, 3.63) is 0 Å². The summed E-state index contributed by atoms with van der Waals surface area (Å²) in [4.78, 5) is 13.7. The molecular weight excluding hydrogens is 208 g/mol. The van der Waals surface area contributed by atoms with Gasteiger partial charge in [0.1, 0.15) is 0 Å². The highest BCUT2D eigenvalue weighted by molar-refractivity contribution is 5.78. The van der Waals surface area contributed by atoms with E-state index in [4.69, 9.17) is 9.84 Å². The van der Waals surface area contributed by atoms with Crippen molar-refractivity contribution < 1.29 is 14.6 Å². The maximum Gasteiger partial charge on any atom is 0.234 e. The molecule has 1 heterocycles. The van der Waals surface area contributed by atoms with Crippen molar-refractivity contribution in [3.8, 4) is 0 Å². The molecule has 0 aromatic rings. The van der Waals surface area contributed by atoms with Crippen LogP contribution in [-0.2, 0) is 9.53 Å². The maximum absolute atomic E-state index is 11.6. The normalized spacial score (nSPS) is 24.1. The van der Waals surface area contributed by atoms with E-state index >= 15 is 0 Å². The third-order valence-corrected chi connectivity index (χ3v) is 3.42. The van der Waals surface area contributed by atoms with E-state index in [1.807, 2.05) is 0 Å². The zero-order valence-corrected chi connectivity index (χ0v) is 9.57. The van der Waals surface area contributed by atoms with Crippen LogP contribution in [0.4, 0.5) is 0 Å². The van der Waals surface area contributed by atoms with E-state index in [0.29, 0.717) is 26.3 Å². The van der Waals surface area contributed by atoms with Gasteiger partial charge >= 0.3 is 0 Å². The lowest BCUT2D eigenvalue weighted by molar-refractivity contribution is -0.123. The lowest BCUT2D eigenvalue weighted by Gasteiger charge is -2.26. The van der Waals surface area contributed by atoms with Crippen LogP contribution in [0.2, 0.25) is 0 Å². The number of morpholine rings is 1. The minimum absolute atomic E-state index is 0.000664. The van der Waals surface area contributed by atoms with Crippen LogP contribution in [0.3, 0.4) is 0 Å². The molecule has 2 aliphatic rings. The lowest BCUT2D eigenvalue weighted by Crippen LogP contribution is -2.44. The molecule has 0 aromatic heterocycles. The first-order valence-corrected chi connectivity index (χ1v) is 5.92. The largest absolute Gasteiger partial charge is 0.396 e. The number of hydrogen-bond donors (Lipinski definition) is 2. The second-order valence-corrected chi connectivity index (χ2v) is 4.82. The predicted molar refractivity (Wildman–Crippen MR) is 59.0 cm³/mol. The van der Waals surface area contributed by atoms with Crippen molar-refractivity contribution in [1.82, 2.24) is 10.2 Å². The Morgan fingerprint density at radius 1 is 1.38 bits per heavy atom. The molecule has 0 aromatic carbocycles. The SMILES string of the molecule is O=C(CN1CCOCC1)NCC1(CO)CC1. The molecule has 0 spiro atoms. The standard InChI is InChI=1S/C11H20N2O3/c14-9-11(1-2-11)8-12-10(15)7-13-3-5-16-6-4-13/h14H,1-9H2,(H,12,15). The molecule has 16 heavy (non-hydrogen) atoms. The zero-order chi connectivity index (χ0) is 11.4. The average molecular weight is 228 g/mol. The number of carbonyl (C=O) groups is 1. The number of nitrogens with zero attached hydrogens (tertiary/aromatic N) is 1. The number of hydrogen-bond acceptors (Lipinski definition) is 4. The van der Waals surface area contributed by atoms with Crippen molar-refractivity contribution in [2.24, 2.45) is 5.41 Å². The molecule has 0 atom stereocenters. The fourth-order valence-corrected chi connectivity index (χ4v) is 1.87. The Morgan fingerprint density at radius 2 is 2.06 bits per heavy atom. The summed E-state index contributed by atoms with van der Waals surface area (Å²) in [7, 11) is 0. The molecule has 0 radical (unpaired) electrons. The Kier molecular flexibility index (Phi) is 3.78. The summed E-state index contributed by atoms with van der Waals surface area (Å²) < 4.78 is 5.22. The number of ether oxygens (including phenoxy) is 1. The smallest absolute Gasteiger partial charge is 0.234 e. The summed E-state index contributed by atoms with van der Waals surface area (Å²) in [5, 5.41) is 12.0. The highest BCUT2D eigenvalue weighted by atomic mass is 16.5. The fraction of sp³-hybridized carbons (Fsp3) is 0.909. The van der Waals surface area contributed by atoms with E-state index in [-0.39, 0.29) is 17.9 Å². The van der Waals surface area contributed by atoms with Gasteiger partial charge in [-0.05, 0) is 12.8 Å². The van der Waals surface area contributed by atoms with E-state index in [0.717, 1.165) is 25.9 Å². The third kappa shape index (κ3) is 3.17.